The van der Waals surface area contributed by atoms with Crippen molar-refractivity contribution in [1.82, 2.24) is 0 Å². The van der Waals surface area contributed by atoms with Gasteiger partial charge in [0.1, 0.15) is 0 Å². The molecule has 94 valence electrons. The van der Waals surface area contributed by atoms with Crippen LogP contribution in [0.3, 0.4) is 0 Å². The standard InChI is InChI=1S/C14H27NO/c1-3-4-7-10-13(15)14(16-2)11-8-5-6-9-12-14/h3,13H,1,4-12,15H2,2H3. The molecule has 0 aromatic rings. The molecule has 0 radical (unpaired) electrons. The first-order valence-electron chi connectivity index (χ1n) is 6.67. The first-order valence-corrected chi connectivity index (χ1v) is 6.67. The van der Waals surface area contributed by atoms with Gasteiger partial charge in [-0.25, -0.2) is 0 Å². The van der Waals surface area contributed by atoms with Gasteiger partial charge < -0.3 is 10.5 Å². The molecule has 0 aliphatic heterocycles. The number of allylic oxidation sites excluding steroid dienone is 1. The van der Waals surface area contributed by atoms with E-state index in [1.165, 1.54) is 25.7 Å². The summed E-state index contributed by atoms with van der Waals surface area (Å²) >= 11 is 0. The summed E-state index contributed by atoms with van der Waals surface area (Å²) < 4.78 is 5.80. The first kappa shape index (κ1) is 13.7. The summed E-state index contributed by atoms with van der Waals surface area (Å²) in [7, 11) is 1.83. The maximum Gasteiger partial charge on any atom is 0.0828 e. The highest BCUT2D eigenvalue weighted by Gasteiger charge is 2.36. The Labute approximate surface area is 100 Å². The van der Waals surface area contributed by atoms with Crippen LogP contribution in [0.25, 0.3) is 0 Å². The Bertz CT molecular complexity index is 195. The molecule has 0 heterocycles. The van der Waals surface area contributed by atoms with Gasteiger partial charge in [0, 0.05) is 13.2 Å². The molecule has 1 saturated carbocycles. The van der Waals surface area contributed by atoms with Gasteiger partial charge in [-0.3, -0.25) is 0 Å². The summed E-state index contributed by atoms with van der Waals surface area (Å²) in [4.78, 5) is 0. The van der Waals surface area contributed by atoms with Gasteiger partial charge in [-0.15, -0.1) is 6.58 Å². The Balaban J connectivity index is 2.50. The zero-order valence-corrected chi connectivity index (χ0v) is 10.7. The first-order chi connectivity index (χ1) is 7.75. The summed E-state index contributed by atoms with van der Waals surface area (Å²) in [5.41, 5.74) is 6.30. The zero-order chi connectivity index (χ0) is 11.9. The fourth-order valence-electron chi connectivity index (χ4n) is 2.80. The molecule has 1 fully saturated rings. The van der Waals surface area contributed by atoms with E-state index in [1.54, 1.807) is 0 Å². The van der Waals surface area contributed by atoms with Gasteiger partial charge in [0.2, 0.25) is 0 Å². The normalized spacial score (nSPS) is 22.4. The molecule has 0 amide bonds. The van der Waals surface area contributed by atoms with Crippen LogP contribution in [0.1, 0.15) is 57.8 Å². The Morgan fingerprint density at radius 3 is 2.44 bits per heavy atom. The number of unbranched alkanes of at least 4 members (excludes halogenated alkanes) is 1. The van der Waals surface area contributed by atoms with Crippen molar-refractivity contribution in [1.29, 1.82) is 0 Å². The van der Waals surface area contributed by atoms with Gasteiger partial charge >= 0.3 is 0 Å². The third kappa shape index (κ3) is 3.60. The fourth-order valence-corrected chi connectivity index (χ4v) is 2.80. The Morgan fingerprint density at radius 1 is 1.31 bits per heavy atom. The molecule has 1 aliphatic carbocycles. The van der Waals surface area contributed by atoms with Crippen LogP contribution in [0.4, 0.5) is 0 Å². The average Bonchev–Trinajstić information content (AvgIpc) is 2.55. The Kier molecular flexibility index (Phi) is 6.07. The number of ether oxygens (including phenoxy) is 1. The lowest BCUT2D eigenvalue weighted by Gasteiger charge is -2.37. The van der Waals surface area contributed by atoms with E-state index in [0.29, 0.717) is 0 Å². The van der Waals surface area contributed by atoms with Gasteiger partial charge in [-0.2, -0.15) is 0 Å². The van der Waals surface area contributed by atoms with E-state index in [1.807, 2.05) is 13.2 Å². The van der Waals surface area contributed by atoms with E-state index >= 15 is 0 Å². The molecule has 0 saturated heterocycles. The van der Waals surface area contributed by atoms with Gasteiger partial charge in [0.15, 0.2) is 0 Å². The average molecular weight is 225 g/mol. The van der Waals surface area contributed by atoms with Gasteiger partial charge in [0.05, 0.1) is 5.60 Å². The van der Waals surface area contributed by atoms with Crippen molar-refractivity contribution >= 4 is 0 Å². The lowest BCUT2D eigenvalue weighted by molar-refractivity contribution is -0.0452. The van der Waals surface area contributed by atoms with Crippen LogP contribution >= 0.6 is 0 Å². The minimum Gasteiger partial charge on any atom is -0.377 e. The van der Waals surface area contributed by atoms with E-state index < -0.39 is 0 Å². The highest BCUT2D eigenvalue weighted by molar-refractivity contribution is 4.92. The second-order valence-corrected chi connectivity index (χ2v) is 5.01. The van der Waals surface area contributed by atoms with Crippen molar-refractivity contribution in [2.24, 2.45) is 5.73 Å². The molecule has 1 unspecified atom stereocenters. The van der Waals surface area contributed by atoms with Crippen molar-refractivity contribution in [3.63, 3.8) is 0 Å². The number of hydrogen-bond acceptors (Lipinski definition) is 2. The molecule has 2 nitrogen and oxygen atoms in total. The van der Waals surface area contributed by atoms with E-state index in [0.717, 1.165) is 32.1 Å². The summed E-state index contributed by atoms with van der Waals surface area (Å²) in [5.74, 6) is 0. The SMILES string of the molecule is C=CCCCC(N)C1(OC)CCCCCC1. The molecular weight excluding hydrogens is 198 g/mol. The summed E-state index contributed by atoms with van der Waals surface area (Å²) in [6.07, 6.45) is 12.7. The molecule has 0 aromatic carbocycles. The summed E-state index contributed by atoms with van der Waals surface area (Å²) in [6.45, 7) is 3.75. The van der Waals surface area contributed by atoms with Crippen LogP contribution in [-0.2, 0) is 4.74 Å². The number of hydrogen-bond donors (Lipinski definition) is 1. The van der Waals surface area contributed by atoms with Gasteiger partial charge in [-0.1, -0.05) is 31.8 Å². The predicted molar refractivity (Wildman–Crippen MR) is 69.5 cm³/mol. The van der Waals surface area contributed by atoms with Gasteiger partial charge in [0.25, 0.3) is 0 Å². The van der Waals surface area contributed by atoms with E-state index in [4.69, 9.17) is 10.5 Å². The van der Waals surface area contributed by atoms with Crippen LogP contribution in [0.5, 0.6) is 0 Å². The minimum atomic E-state index is -0.0440. The van der Waals surface area contributed by atoms with Crippen molar-refractivity contribution in [2.45, 2.75) is 69.4 Å². The van der Waals surface area contributed by atoms with Crippen LogP contribution in [0.15, 0.2) is 12.7 Å². The van der Waals surface area contributed by atoms with Crippen molar-refractivity contribution < 1.29 is 4.74 Å². The zero-order valence-electron chi connectivity index (χ0n) is 10.7. The van der Waals surface area contributed by atoms with E-state index in [-0.39, 0.29) is 11.6 Å². The highest BCUT2D eigenvalue weighted by Crippen LogP contribution is 2.33. The second-order valence-electron chi connectivity index (χ2n) is 5.01. The van der Waals surface area contributed by atoms with E-state index in [2.05, 4.69) is 6.58 Å². The molecular formula is C14H27NO. The molecule has 1 rings (SSSR count). The minimum absolute atomic E-state index is 0.0440. The number of nitrogens with two attached hydrogens (primary N) is 1. The maximum absolute atomic E-state index is 6.34. The fraction of sp³-hybridized carbons (Fsp3) is 0.857. The van der Waals surface area contributed by atoms with Crippen molar-refractivity contribution in [3.8, 4) is 0 Å². The van der Waals surface area contributed by atoms with Crippen LogP contribution in [-0.4, -0.2) is 18.8 Å². The molecule has 0 aromatic heterocycles. The molecule has 2 heteroatoms. The van der Waals surface area contributed by atoms with Crippen molar-refractivity contribution in [3.05, 3.63) is 12.7 Å². The largest absolute Gasteiger partial charge is 0.377 e. The molecule has 16 heavy (non-hydrogen) atoms. The van der Waals surface area contributed by atoms with Crippen molar-refractivity contribution in [2.75, 3.05) is 7.11 Å². The van der Waals surface area contributed by atoms with Crippen LogP contribution in [0.2, 0.25) is 0 Å². The number of methoxy groups -OCH3 is 1. The molecule has 0 spiro atoms. The predicted octanol–water partition coefficient (Wildman–Crippen LogP) is 3.41. The topological polar surface area (TPSA) is 35.2 Å². The molecule has 0 bridgehead atoms. The number of rotatable bonds is 6. The van der Waals surface area contributed by atoms with Crippen LogP contribution in [0, 0.1) is 0 Å². The molecule has 1 aliphatic rings. The third-order valence-electron chi connectivity index (χ3n) is 3.96. The van der Waals surface area contributed by atoms with Crippen LogP contribution < -0.4 is 5.73 Å². The lowest BCUT2D eigenvalue weighted by atomic mass is 9.84. The quantitative estimate of drug-likeness (QED) is 0.427. The molecule has 1 atom stereocenters. The smallest absolute Gasteiger partial charge is 0.0828 e. The monoisotopic (exact) mass is 225 g/mol. The second kappa shape index (κ2) is 7.08. The Morgan fingerprint density at radius 2 is 1.94 bits per heavy atom. The highest BCUT2D eigenvalue weighted by atomic mass is 16.5. The lowest BCUT2D eigenvalue weighted by Crippen LogP contribution is -2.49. The summed E-state index contributed by atoms with van der Waals surface area (Å²) in [5, 5.41) is 0. The summed E-state index contributed by atoms with van der Waals surface area (Å²) in [6, 6.07) is 0.190. The maximum atomic E-state index is 6.34. The third-order valence-corrected chi connectivity index (χ3v) is 3.96. The Hall–Kier alpha value is -0.340. The van der Waals surface area contributed by atoms with Gasteiger partial charge in [-0.05, 0) is 32.1 Å². The molecule has 2 N–H and O–H groups in total. The van der Waals surface area contributed by atoms with E-state index in [9.17, 15) is 0 Å².